The van der Waals surface area contributed by atoms with Gasteiger partial charge in [-0.2, -0.15) is 0 Å². The molecule has 0 aliphatic heterocycles. The van der Waals surface area contributed by atoms with Crippen LogP contribution in [0.3, 0.4) is 0 Å². The Kier molecular flexibility index (Phi) is 4.72. The van der Waals surface area contributed by atoms with E-state index < -0.39 is 5.60 Å². The maximum atomic E-state index is 9.75. The van der Waals surface area contributed by atoms with E-state index in [1.54, 1.807) is 12.4 Å². The van der Waals surface area contributed by atoms with Crippen LogP contribution in [0.4, 0.5) is 0 Å². The number of aliphatic hydroxyl groups is 1. The third-order valence-corrected chi connectivity index (χ3v) is 2.61. The number of pyridine rings is 1. The number of nitrogens with zero attached hydrogens (tertiary/aromatic N) is 1. The molecular weight excluding hydrogens is 188 g/mol. The fourth-order valence-corrected chi connectivity index (χ4v) is 1.26. The molecule has 3 heteroatoms. The average molecular weight is 208 g/mol. The monoisotopic (exact) mass is 208 g/mol. The van der Waals surface area contributed by atoms with Crippen LogP contribution in [0.15, 0.2) is 24.5 Å². The van der Waals surface area contributed by atoms with Crippen molar-refractivity contribution < 1.29 is 5.11 Å². The van der Waals surface area contributed by atoms with Gasteiger partial charge in [0, 0.05) is 18.9 Å². The third kappa shape index (κ3) is 4.91. The predicted molar refractivity (Wildman–Crippen MR) is 61.7 cm³/mol. The van der Waals surface area contributed by atoms with Gasteiger partial charge in [0.2, 0.25) is 0 Å². The highest BCUT2D eigenvalue weighted by Crippen LogP contribution is 2.05. The summed E-state index contributed by atoms with van der Waals surface area (Å²) in [5, 5.41) is 13.0. The van der Waals surface area contributed by atoms with Crippen molar-refractivity contribution in [2.45, 2.75) is 32.3 Å². The van der Waals surface area contributed by atoms with E-state index in [0.717, 1.165) is 19.4 Å². The van der Waals surface area contributed by atoms with Crippen molar-refractivity contribution in [2.24, 2.45) is 0 Å². The molecule has 0 aliphatic rings. The number of aromatic nitrogens is 1. The quantitative estimate of drug-likeness (QED) is 0.694. The van der Waals surface area contributed by atoms with Crippen LogP contribution in [0.1, 0.15) is 25.8 Å². The Morgan fingerprint density at radius 2 is 2.07 bits per heavy atom. The van der Waals surface area contributed by atoms with Crippen molar-refractivity contribution in [1.29, 1.82) is 0 Å². The summed E-state index contributed by atoms with van der Waals surface area (Å²) in [5.41, 5.74) is 0.687. The molecule has 0 fully saturated rings. The van der Waals surface area contributed by atoms with E-state index in [1.165, 1.54) is 5.56 Å². The molecule has 84 valence electrons. The summed E-state index contributed by atoms with van der Waals surface area (Å²) in [6.07, 6.45) is 5.35. The van der Waals surface area contributed by atoms with Crippen molar-refractivity contribution in [3.8, 4) is 0 Å². The minimum absolute atomic E-state index is 0.585. The fourth-order valence-electron chi connectivity index (χ4n) is 1.26. The Morgan fingerprint density at radius 3 is 2.67 bits per heavy atom. The Bertz CT molecular complexity index is 272. The first-order valence-corrected chi connectivity index (χ1v) is 5.46. The van der Waals surface area contributed by atoms with Crippen molar-refractivity contribution >= 4 is 0 Å². The molecule has 0 saturated carbocycles. The van der Waals surface area contributed by atoms with Crippen LogP contribution < -0.4 is 5.32 Å². The molecule has 0 amide bonds. The average Bonchev–Trinajstić information content (AvgIpc) is 2.26. The van der Waals surface area contributed by atoms with Gasteiger partial charge in [-0.15, -0.1) is 0 Å². The van der Waals surface area contributed by atoms with Crippen molar-refractivity contribution in [3.05, 3.63) is 30.1 Å². The molecule has 15 heavy (non-hydrogen) atoms. The van der Waals surface area contributed by atoms with Gasteiger partial charge in [0.1, 0.15) is 0 Å². The maximum Gasteiger partial charge on any atom is 0.0740 e. The lowest BCUT2D eigenvalue weighted by Gasteiger charge is -2.21. The van der Waals surface area contributed by atoms with Crippen LogP contribution in [-0.2, 0) is 6.42 Å². The van der Waals surface area contributed by atoms with Gasteiger partial charge in [-0.1, -0.05) is 6.92 Å². The summed E-state index contributed by atoms with van der Waals surface area (Å²) >= 11 is 0. The van der Waals surface area contributed by atoms with E-state index in [4.69, 9.17) is 0 Å². The highest BCUT2D eigenvalue weighted by Gasteiger charge is 2.15. The standard InChI is InChI=1S/C12H20N2O/c1-3-12(2,15)10-14-9-6-11-4-7-13-8-5-11/h4-5,7-8,14-15H,3,6,9-10H2,1-2H3. The number of hydrogen-bond donors (Lipinski definition) is 2. The van der Waals surface area contributed by atoms with Crippen molar-refractivity contribution in [2.75, 3.05) is 13.1 Å². The largest absolute Gasteiger partial charge is 0.389 e. The third-order valence-electron chi connectivity index (χ3n) is 2.61. The zero-order valence-corrected chi connectivity index (χ0v) is 9.53. The minimum Gasteiger partial charge on any atom is -0.389 e. The van der Waals surface area contributed by atoms with Crippen LogP contribution in [-0.4, -0.2) is 28.8 Å². The molecule has 1 atom stereocenters. The van der Waals surface area contributed by atoms with Gasteiger partial charge in [0.25, 0.3) is 0 Å². The molecule has 0 radical (unpaired) electrons. The molecule has 0 saturated heterocycles. The second-order valence-corrected chi connectivity index (χ2v) is 4.13. The Morgan fingerprint density at radius 1 is 1.40 bits per heavy atom. The summed E-state index contributed by atoms with van der Waals surface area (Å²) < 4.78 is 0. The molecule has 3 nitrogen and oxygen atoms in total. The van der Waals surface area contributed by atoms with Gasteiger partial charge in [-0.3, -0.25) is 4.98 Å². The second kappa shape index (κ2) is 5.83. The highest BCUT2D eigenvalue weighted by molar-refractivity contribution is 5.09. The Hall–Kier alpha value is -0.930. The molecule has 0 aliphatic carbocycles. The van der Waals surface area contributed by atoms with Crippen molar-refractivity contribution in [1.82, 2.24) is 10.3 Å². The first-order valence-electron chi connectivity index (χ1n) is 5.46. The van der Waals surface area contributed by atoms with Crippen LogP contribution in [0.25, 0.3) is 0 Å². The van der Waals surface area contributed by atoms with E-state index in [0.29, 0.717) is 6.54 Å². The second-order valence-electron chi connectivity index (χ2n) is 4.13. The molecule has 1 unspecified atom stereocenters. The summed E-state index contributed by atoms with van der Waals surface area (Å²) in [5.74, 6) is 0. The van der Waals surface area contributed by atoms with Gasteiger partial charge in [-0.05, 0) is 44.0 Å². The summed E-state index contributed by atoms with van der Waals surface area (Å²) in [6.45, 7) is 5.38. The van der Waals surface area contributed by atoms with Gasteiger partial charge < -0.3 is 10.4 Å². The van der Waals surface area contributed by atoms with E-state index >= 15 is 0 Å². The molecular formula is C12H20N2O. The van der Waals surface area contributed by atoms with Crippen molar-refractivity contribution in [3.63, 3.8) is 0 Å². The van der Waals surface area contributed by atoms with E-state index in [-0.39, 0.29) is 0 Å². The highest BCUT2D eigenvalue weighted by atomic mass is 16.3. The number of hydrogen-bond acceptors (Lipinski definition) is 3. The zero-order chi connectivity index (χ0) is 11.1. The lowest BCUT2D eigenvalue weighted by atomic mass is 10.0. The molecule has 0 bridgehead atoms. The van der Waals surface area contributed by atoms with E-state index in [2.05, 4.69) is 10.3 Å². The Labute approximate surface area is 91.5 Å². The van der Waals surface area contributed by atoms with Crippen LogP contribution in [0, 0.1) is 0 Å². The zero-order valence-electron chi connectivity index (χ0n) is 9.53. The molecule has 0 aromatic carbocycles. The SMILES string of the molecule is CCC(C)(O)CNCCc1ccncc1. The van der Waals surface area contributed by atoms with Crippen LogP contribution >= 0.6 is 0 Å². The van der Waals surface area contributed by atoms with Gasteiger partial charge >= 0.3 is 0 Å². The summed E-state index contributed by atoms with van der Waals surface area (Å²) in [6, 6.07) is 4.03. The van der Waals surface area contributed by atoms with Gasteiger partial charge in [0.15, 0.2) is 0 Å². The van der Waals surface area contributed by atoms with Gasteiger partial charge in [0.05, 0.1) is 5.60 Å². The van der Waals surface area contributed by atoms with Crippen LogP contribution in [0.2, 0.25) is 0 Å². The van der Waals surface area contributed by atoms with E-state index in [1.807, 2.05) is 26.0 Å². The first-order chi connectivity index (χ1) is 7.14. The molecule has 2 N–H and O–H groups in total. The predicted octanol–water partition coefficient (Wildman–Crippen LogP) is 1.37. The number of nitrogens with one attached hydrogen (secondary N) is 1. The van der Waals surface area contributed by atoms with E-state index in [9.17, 15) is 5.11 Å². The molecule has 1 heterocycles. The normalized spacial score (nSPS) is 14.9. The minimum atomic E-state index is -0.585. The van der Waals surface area contributed by atoms with Crippen LogP contribution in [0.5, 0.6) is 0 Å². The topological polar surface area (TPSA) is 45.1 Å². The molecule has 0 spiro atoms. The summed E-state index contributed by atoms with van der Waals surface area (Å²) in [7, 11) is 0. The lowest BCUT2D eigenvalue weighted by Crippen LogP contribution is -2.37. The smallest absolute Gasteiger partial charge is 0.0740 e. The fraction of sp³-hybridized carbons (Fsp3) is 0.583. The maximum absolute atomic E-state index is 9.75. The summed E-state index contributed by atoms with van der Waals surface area (Å²) in [4.78, 5) is 3.97. The lowest BCUT2D eigenvalue weighted by molar-refractivity contribution is 0.0561. The van der Waals surface area contributed by atoms with Gasteiger partial charge in [-0.25, -0.2) is 0 Å². The molecule has 1 aromatic rings. The Balaban J connectivity index is 2.18. The molecule has 1 aromatic heterocycles. The molecule has 1 rings (SSSR count). The number of rotatable bonds is 6. The first kappa shape index (κ1) is 12.1.